The molecular weight excluding hydrogens is 312 g/mol. The number of carbonyl (C=O) groups is 1. The summed E-state index contributed by atoms with van der Waals surface area (Å²) in [6.45, 7) is 10.9. The molecule has 136 valence electrons. The lowest BCUT2D eigenvalue weighted by molar-refractivity contribution is 0.0942. The number of nitrogens with one attached hydrogen (secondary N) is 1. The van der Waals surface area contributed by atoms with Gasteiger partial charge < -0.3 is 11.1 Å². The number of nitrogens with two attached hydrogens (primary N) is 1. The number of hydrogen-bond acceptors (Lipinski definition) is 3. The molecule has 5 nitrogen and oxygen atoms in total. The minimum absolute atomic E-state index is 0.0924. The van der Waals surface area contributed by atoms with Gasteiger partial charge in [0.2, 0.25) is 0 Å². The molecule has 2 aromatic rings. The van der Waals surface area contributed by atoms with E-state index >= 15 is 0 Å². The number of aromatic nitrogens is 2. The van der Waals surface area contributed by atoms with Crippen molar-refractivity contribution < 1.29 is 4.79 Å². The highest BCUT2D eigenvalue weighted by Gasteiger charge is 2.22. The van der Waals surface area contributed by atoms with Crippen LogP contribution in [0.15, 0.2) is 30.3 Å². The molecule has 1 aromatic heterocycles. The third-order valence-electron chi connectivity index (χ3n) is 4.39. The van der Waals surface area contributed by atoms with E-state index in [1.807, 2.05) is 18.2 Å². The van der Waals surface area contributed by atoms with E-state index < -0.39 is 0 Å². The lowest BCUT2D eigenvalue weighted by atomic mass is 9.92. The van der Waals surface area contributed by atoms with E-state index in [-0.39, 0.29) is 17.4 Å². The Balaban J connectivity index is 2.01. The van der Waals surface area contributed by atoms with Crippen LogP contribution in [0.4, 0.5) is 0 Å². The number of hydrogen-bond donors (Lipinski definition) is 2. The normalized spacial score (nSPS) is 13.1. The van der Waals surface area contributed by atoms with Crippen LogP contribution in [0.25, 0.3) is 0 Å². The van der Waals surface area contributed by atoms with Crippen LogP contribution >= 0.6 is 0 Å². The number of carbonyl (C=O) groups excluding carboxylic acids is 1. The summed E-state index contributed by atoms with van der Waals surface area (Å²) >= 11 is 0. The second-order valence-corrected chi connectivity index (χ2v) is 7.93. The predicted molar refractivity (Wildman–Crippen MR) is 102 cm³/mol. The van der Waals surface area contributed by atoms with Crippen molar-refractivity contribution in [2.24, 2.45) is 12.8 Å². The van der Waals surface area contributed by atoms with Gasteiger partial charge >= 0.3 is 0 Å². The number of rotatable bonds is 5. The van der Waals surface area contributed by atoms with Crippen LogP contribution in [0.1, 0.15) is 73.9 Å². The van der Waals surface area contributed by atoms with Gasteiger partial charge in [-0.15, -0.1) is 0 Å². The van der Waals surface area contributed by atoms with Gasteiger partial charge in [-0.25, -0.2) is 0 Å². The third kappa shape index (κ3) is 4.69. The van der Waals surface area contributed by atoms with Crippen molar-refractivity contribution in [1.29, 1.82) is 0 Å². The van der Waals surface area contributed by atoms with E-state index in [0.717, 1.165) is 11.3 Å². The van der Waals surface area contributed by atoms with Crippen LogP contribution in [-0.4, -0.2) is 22.2 Å². The minimum Gasteiger partial charge on any atom is -0.349 e. The largest absolute Gasteiger partial charge is 0.349 e. The molecule has 0 saturated carbocycles. The molecule has 3 N–H and O–H groups in total. The molecule has 0 aliphatic carbocycles. The second kappa shape index (κ2) is 7.40. The van der Waals surface area contributed by atoms with Crippen molar-refractivity contribution in [2.75, 3.05) is 6.54 Å². The highest BCUT2D eigenvalue weighted by atomic mass is 16.2. The first-order valence-corrected chi connectivity index (χ1v) is 8.77. The van der Waals surface area contributed by atoms with E-state index in [9.17, 15) is 4.79 Å². The Morgan fingerprint density at radius 1 is 1.20 bits per heavy atom. The van der Waals surface area contributed by atoms with Crippen LogP contribution in [0.3, 0.4) is 0 Å². The topological polar surface area (TPSA) is 72.9 Å². The summed E-state index contributed by atoms with van der Waals surface area (Å²) in [4.78, 5) is 12.5. The quantitative estimate of drug-likeness (QED) is 0.876. The maximum absolute atomic E-state index is 12.5. The first-order valence-electron chi connectivity index (χ1n) is 8.77. The van der Waals surface area contributed by atoms with Crippen molar-refractivity contribution in [3.05, 3.63) is 52.8 Å². The Hall–Kier alpha value is -2.14. The molecule has 5 heteroatoms. The number of amides is 1. The summed E-state index contributed by atoms with van der Waals surface area (Å²) in [6, 6.07) is 9.87. The first kappa shape index (κ1) is 19.2. The zero-order valence-electron chi connectivity index (χ0n) is 16.1. The molecule has 0 spiro atoms. The van der Waals surface area contributed by atoms with Gasteiger partial charge in [-0.3, -0.25) is 9.48 Å². The molecule has 1 heterocycles. The fourth-order valence-corrected chi connectivity index (χ4v) is 2.59. The van der Waals surface area contributed by atoms with Crippen LogP contribution in [0.2, 0.25) is 0 Å². The maximum Gasteiger partial charge on any atom is 0.269 e. The fraction of sp³-hybridized carbons (Fsp3) is 0.500. The molecule has 2 rings (SSSR count). The molecule has 1 aromatic carbocycles. The monoisotopic (exact) mass is 342 g/mol. The van der Waals surface area contributed by atoms with Gasteiger partial charge in [0.05, 0.1) is 5.69 Å². The summed E-state index contributed by atoms with van der Waals surface area (Å²) in [5.74, 6) is 0.339. The lowest BCUT2D eigenvalue weighted by Crippen LogP contribution is -2.33. The van der Waals surface area contributed by atoms with Crippen molar-refractivity contribution in [2.45, 2.75) is 52.0 Å². The Labute approximate surface area is 150 Å². The molecule has 25 heavy (non-hydrogen) atoms. The zero-order valence-corrected chi connectivity index (χ0v) is 16.1. The number of benzene rings is 1. The van der Waals surface area contributed by atoms with E-state index in [1.54, 1.807) is 11.7 Å². The Morgan fingerprint density at radius 2 is 1.76 bits per heavy atom. The van der Waals surface area contributed by atoms with Crippen LogP contribution in [0, 0.1) is 0 Å². The summed E-state index contributed by atoms with van der Waals surface area (Å²) in [6.07, 6.45) is 0. The van der Waals surface area contributed by atoms with Gasteiger partial charge in [0.1, 0.15) is 5.69 Å². The molecule has 1 atom stereocenters. The number of nitrogens with zero attached hydrogens (tertiary/aromatic N) is 2. The Morgan fingerprint density at radius 3 is 2.24 bits per heavy atom. The first-order chi connectivity index (χ1) is 11.6. The molecular formula is C20H30N4O. The van der Waals surface area contributed by atoms with Gasteiger partial charge in [-0.05, 0) is 23.1 Å². The molecule has 0 bridgehead atoms. The molecule has 0 fully saturated rings. The standard InChI is InChI=1S/C20H30N4O/c1-13(2)14-7-9-15(10-8-14)16(21)12-22-19(25)17-11-18(20(3,4)5)23-24(17)6/h7-11,13,16H,12,21H2,1-6H3,(H,22,25). The van der Waals surface area contributed by atoms with E-state index in [2.05, 4.69) is 57.2 Å². The van der Waals surface area contributed by atoms with E-state index in [0.29, 0.717) is 18.2 Å². The number of aryl methyl sites for hydroxylation is 1. The Kier molecular flexibility index (Phi) is 5.68. The summed E-state index contributed by atoms with van der Waals surface area (Å²) in [5, 5.41) is 7.35. The summed E-state index contributed by atoms with van der Waals surface area (Å²) < 4.78 is 1.62. The lowest BCUT2D eigenvalue weighted by Gasteiger charge is -2.14. The molecule has 0 aliphatic rings. The average molecular weight is 342 g/mol. The smallest absolute Gasteiger partial charge is 0.269 e. The Bertz CT molecular complexity index is 723. The fourth-order valence-electron chi connectivity index (χ4n) is 2.59. The molecule has 1 amide bonds. The van der Waals surface area contributed by atoms with Crippen LogP contribution in [0.5, 0.6) is 0 Å². The van der Waals surface area contributed by atoms with E-state index in [1.165, 1.54) is 5.56 Å². The molecule has 0 saturated heterocycles. The molecule has 0 aliphatic heterocycles. The minimum atomic E-state index is -0.236. The summed E-state index contributed by atoms with van der Waals surface area (Å²) in [5.41, 5.74) is 9.88. The SMILES string of the molecule is CC(C)c1ccc(C(N)CNC(=O)c2cc(C(C)(C)C)nn2C)cc1. The average Bonchev–Trinajstić information content (AvgIpc) is 2.94. The van der Waals surface area contributed by atoms with Crippen molar-refractivity contribution >= 4 is 5.91 Å². The van der Waals surface area contributed by atoms with Gasteiger partial charge in [0.25, 0.3) is 5.91 Å². The van der Waals surface area contributed by atoms with Gasteiger partial charge in [-0.1, -0.05) is 58.9 Å². The van der Waals surface area contributed by atoms with Crippen LogP contribution < -0.4 is 11.1 Å². The second-order valence-electron chi connectivity index (χ2n) is 7.93. The van der Waals surface area contributed by atoms with Gasteiger partial charge in [0, 0.05) is 25.0 Å². The zero-order chi connectivity index (χ0) is 18.8. The van der Waals surface area contributed by atoms with E-state index in [4.69, 9.17) is 5.73 Å². The van der Waals surface area contributed by atoms with Gasteiger partial charge in [0.15, 0.2) is 0 Å². The predicted octanol–water partition coefficient (Wildman–Crippen LogP) is 3.27. The summed E-state index contributed by atoms with van der Waals surface area (Å²) in [7, 11) is 1.79. The highest BCUT2D eigenvalue weighted by molar-refractivity contribution is 5.92. The van der Waals surface area contributed by atoms with Crippen molar-refractivity contribution in [3.8, 4) is 0 Å². The van der Waals surface area contributed by atoms with Crippen molar-refractivity contribution in [3.63, 3.8) is 0 Å². The molecule has 0 radical (unpaired) electrons. The van der Waals surface area contributed by atoms with Crippen molar-refractivity contribution in [1.82, 2.24) is 15.1 Å². The van der Waals surface area contributed by atoms with Gasteiger partial charge in [-0.2, -0.15) is 5.10 Å². The van der Waals surface area contributed by atoms with Crippen LogP contribution in [-0.2, 0) is 12.5 Å². The maximum atomic E-state index is 12.5. The molecule has 1 unspecified atom stereocenters. The third-order valence-corrected chi connectivity index (χ3v) is 4.39. The highest BCUT2D eigenvalue weighted by Crippen LogP contribution is 2.21.